The quantitative estimate of drug-likeness (QED) is 0.910. The van der Waals surface area contributed by atoms with Crippen molar-refractivity contribution in [1.29, 1.82) is 0 Å². The first-order valence-corrected chi connectivity index (χ1v) is 9.03. The van der Waals surface area contributed by atoms with Crippen LogP contribution in [0, 0.1) is 0 Å². The maximum atomic E-state index is 12.8. The summed E-state index contributed by atoms with van der Waals surface area (Å²) >= 11 is 0. The molecule has 0 amide bonds. The zero-order valence-corrected chi connectivity index (χ0v) is 13.1. The highest BCUT2D eigenvalue weighted by molar-refractivity contribution is 7.89. The molecule has 2 aromatic carbocycles. The molecule has 0 bridgehead atoms. The molecular weight excluding hydrogens is 296 g/mol. The van der Waals surface area contributed by atoms with Gasteiger partial charge in [0.05, 0.1) is 4.90 Å². The molecule has 0 radical (unpaired) electrons. The van der Waals surface area contributed by atoms with Crippen LogP contribution in [0.2, 0.25) is 0 Å². The van der Waals surface area contributed by atoms with Crippen LogP contribution in [0.15, 0.2) is 59.5 Å². The summed E-state index contributed by atoms with van der Waals surface area (Å²) in [5, 5.41) is 3.23. The lowest BCUT2D eigenvalue weighted by atomic mass is 10.1. The molecule has 2 aromatic rings. The maximum absolute atomic E-state index is 12.8. The van der Waals surface area contributed by atoms with Crippen molar-refractivity contribution in [1.82, 2.24) is 10.0 Å². The number of benzene rings is 2. The highest BCUT2D eigenvalue weighted by Crippen LogP contribution is 2.27. The van der Waals surface area contributed by atoms with Gasteiger partial charge in [0.15, 0.2) is 0 Å². The Morgan fingerprint density at radius 1 is 1.00 bits per heavy atom. The van der Waals surface area contributed by atoms with Gasteiger partial charge in [0.2, 0.25) is 10.0 Å². The van der Waals surface area contributed by atoms with E-state index < -0.39 is 10.0 Å². The van der Waals surface area contributed by atoms with Gasteiger partial charge in [-0.1, -0.05) is 48.5 Å². The van der Waals surface area contributed by atoms with Crippen molar-refractivity contribution in [3.63, 3.8) is 0 Å². The van der Waals surface area contributed by atoms with Crippen molar-refractivity contribution in [3.05, 3.63) is 54.6 Å². The number of hydrogen-bond donors (Lipinski definition) is 2. The van der Waals surface area contributed by atoms with Gasteiger partial charge in [-0.05, 0) is 31.0 Å². The fourth-order valence-corrected chi connectivity index (χ4v) is 4.29. The van der Waals surface area contributed by atoms with E-state index >= 15 is 0 Å². The van der Waals surface area contributed by atoms with E-state index in [-0.39, 0.29) is 6.04 Å². The summed E-state index contributed by atoms with van der Waals surface area (Å²) in [6.45, 7) is 1.64. The molecular formula is C17H20N2O2S. The minimum absolute atomic E-state index is 0.0393. The molecule has 1 unspecified atom stereocenters. The van der Waals surface area contributed by atoms with Gasteiger partial charge in [-0.25, -0.2) is 13.1 Å². The number of sulfonamides is 1. The summed E-state index contributed by atoms with van der Waals surface area (Å²) in [4.78, 5) is 0.340. The van der Waals surface area contributed by atoms with Crippen molar-refractivity contribution >= 4 is 10.0 Å². The molecule has 1 heterocycles. The second-order valence-electron chi connectivity index (χ2n) is 5.53. The summed E-state index contributed by atoms with van der Waals surface area (Å²) in [5.41, 5.74) is 1.64. The van der Waals surface area contributed by atoms with Gasteiger partial charge in [-0.2, -0.15) is 0 Å². The second-order valence-corrected chi connectivity index (χ2v) is 7.21. The van der Waals surface area contributed by atoms with Crippen molar-refractivity contribution in [2.45, 2.75) is 23.8 Å². The standard InChI is InChI=1S/C17H20N2O2S/c20-22(21,19-15-9-6-12-18-13-15)17-11-5-4-10-16(17)14-7-2-1-3-8-14/h1-5,7-8,10-11,15,18-19H,6,9,12-13H2. The van der Waals surface area contributed by atoms with Crippen LogP contribution < -0.4 is 10.0 Å². The van der Waals surface area contributed by atoms with Crippen LogP contribution in [0.1, 0.15) is 12.8 Å². The SMILES string of the molecule is O=S(=O)(NC1CCCNC1)c1ccccc1-c1ccccc1. The molecule has 2 N–H and O–H groups in total. The van der Waals surface area contributed by atoms with Crippen molar-refractivity contribution in [2.24, 2.45) is 0 Å². The Balaban J connectivity index is 1.93. The predicted molar refractivity (Wildman–Crippen MR) is 88.1 cm³/mol. The predicted octanol–water partition coefficient (Wildman–Crippen LogP) is 2.38. The zero-order chi connectivity index (χ0) is 15.4. The van der Waals surface area contributed by atoms with Gasteiger partial charge in [0, 0.05) is 18.2 Å². The maximum Gasteiger partial charge on any atom is 0.241 e. The zero-order valence-electron chi connectivity index (χ0n) is 12.3. The fourth-order valence-electron chi connectivity index (χ4n) is 2.79. The number of piperidine rings is 1. The van der Waals surface area contributed by atoms with Crippen LogP contribution in [-0.2, 0) is 10.0 Å². The minimum atomic E-state index is -3.53. The minimum Gasteiger partial charge on any atom is -0.315 e. The molecule has 4 nitrogen and oxygen atoms in total. The molecule has 116 valence electrons. The number of nitrogens with one attached hydrogen (secondary N) is 2. The summed E-state index contributed by atoms with van der Waals surface area (Å²) in [6.07, 6.45) is 1.87. The third-order valence-electron chi connectivity index (χ3n) is 3.88. The van der Waals surface area contributed by atoms with Crippen molar-refractivity contribution in [3.8, 4) is 11.1 Å². The average molecular weight is 316 g/mol. The summed E-state index contributed by atoms with van der Waals surface area (Å²) in [6, 6.07) is 16.7. The molecule has 0 spiro atoms. The van der Waals surface area contributed by atoms with Gasteiger partial charge in [-0.15, -0.1) is 0 Å². The van der Waals surface area contributed by atoms with Gasteiger partial charge in [-0.3, -0.25) is 0 Å². The van der Waals surface area contributed by atoms with E-state index in [0.717, 1.165) is 30.5 Å². The summed E-state index contributed by atoms with van der Waals surface area (Å²) < 4.78 is 28.3. The normalized spacial score (nSPS) is 19.0. The Hall–Kier alpha value is -1.69. The molecule has 0 aliphatic carbocycles. The second kappa shape index (κ2) is 6.60. The first kappa shape index (κ1) is 15.2. The molecule has 5 heteroatoms. The van der Waals surface area contributed by atoms with Crippen molar-refractivity contribution in [2.75, 3.05) is 13.1 Å². The molecule has 1 aliphatic rings. The first-order chi connectivity index (χ1) is 10.7. The van der Waals surface area contributed by atoms with E-state index in [2.05, 4.69) is 10.0 Å². The van der Waals surface area contributed by atoms with E-state index in [1.165, 1.54) is 0 Å². The van der Waals surface area contributed by atoms with Gasteiger partial charge in [0.25, 0.3) is 0 Å². The summed E-state index contributed by atoms with van der Waals surface area (Å²) in [5.74, 6) is 0. The van der Waals surface area contributed by atoms with E-state index in [9.17, 15) is 8.42 Å². The highest BCUT2D eigenvalue weighted by atomic mass is 32.2. The summed E-state index contributed by atoms with van der Waals surface area (Å²) in [7, 11) is -3.53. The van der Waals surface area contributed by atoms with Crippen molar-refractivity contribution < 1.29 is 8.42 Å². The van der Waals surface area contributed by atoms with E-state index in [1.54, 1.807) is 12.1 Å². The van der Waals surface area contributed by atoms with Crippen LogP contribution in [0.5, 0.6) is 0 Å². The van der Waals surface area contributed by atoms with E-state index in [4.69, 9.17) is 0 Å². The Morgan fingerprint density at radius 3 is 2.45 bits per heavy atom. The third-order valence-corrected chi connectivity index (χ3v) is 5.46. The van der Waals surface area contributed by atoms with E-state index in [1.807, 2.05) is 42.5 Å². The Labute approximate surface area is 131 Å². The third kappa shape index (κ3) is 3.38. The number of rotatable bonds is 4. The van der Waals surface area contributed by atoms with Gasteiger partial charge in [0.1, 0.15) is 0 Å². The van der Waals surface area contributed by atoms with Crippen LogP contribution in [0.3, 0.4) is 0 Å². The molecule has 3 rings (SSSR count). The van der Waals surface area contributed by atoms with E-state index in [0.29, 0.717) is 11.4 Å². The fraction of sp³-hybridized carbons (Fsp3) is 0.294. The van der Waals surface area contributed by atoms with Crippen LogP contribution in [0.4, 0.5) is 0 Å². The lowest BCUT2D eigenvalue weighted by Crippen LogP contribution is -2.45. The topological polar surface area (TPSA) is 58.2 Å². The van der Waals surface area contributed by atoms with Crippen LogP contribution in [-0.4, -0.2) is 27.5 Å². The molecule has 1 fully saturated rings. The van der Waals surface area contributed by atoms with Gasteiger partial charge < -0.3 is 5.32 Å². The highest BCUT2D eigenvalue weighted by Gasteiger charge is 2.24. The molecule has 22 heavy (non-hydrogen) atoms. The number of hydrogen-bond acceptors (Lipinski definition) is 3. The molecule has 1 saturated heterocycles. The molecule has 1 atom stereocenters. The Kier molecular flexibility index (Phi) is 4.57. The Morgan fingerprint density at radius 2 is 1.73 bits per heavy atom. The lowest BCUT2D eigenvalue weighted by Gasteiger charge is -2.24. The first-order valence-electron chi connectivity index (χ1n) is 7.54. The smallest absolute Gasteiger partial charge is 0.241 e. The van der Waals surface area contributed by atoms with Crippen LogP contribution >= 0.6 is 0 Å². The molecule has 0 aromatic heterocycles. The Bertz CT molecular complexity index is 723. The van der Waals surface area contributed by atoms with Gasteiger partial charge >= 0.3 is 0 Å². The monoisotopic (exact) mass is 316 g/mol. The molecule has 0 saturated carbocycles. The largest absolute Gasteiger partial charge is 0.315 e. The van der Waals surface area contributed by atoms with Crippen LogP contribution in [0.25, 0.3) is 11.1 Å². The lowest BCUT2D eigenvalue weighted by molar-refractivity contribution is 0.429. The average Bonchev–Trinajstić information content (AvgIpc) is 2.56. The molecule has 1 aliphatic heterocycles.